The molecular formula is C17H26N6OS. The van der Waals surface area contributed by atoms with Gasteiger partial charge < -0.3 is 9.80 Å². The molecule has 2 fully saturated rings. The summed E-state index contributed by atoms with van der Waals surface area (Å²) in [6, 6.07) is 2.28. The number of rotatable bonds is 3. The number of aryl methyl sites for hydroxylation is 1. The highest BCUT2D eigenvalue weighted by molar-refractivity contribution is 7.20. The minimum absolute atomic E-state index is 0.0757. The summed E-state index contributed by atoms with van der Waals surface area (Å²) < 4.78 is 1.45. The molecule has 2 aliphatic rings. The fourth-order valence-corrected chi connectivity index (χ4v) is 4.85. The molecule has 0 N–H and O–H groups in total. The lowest BCUT2D eigenvalue weighted by atomic mass is 10.0. The van der Waals surface area contributed by atoms with Crippen molar-refractivity contribution in [3.05, 3.63) is 22.1 Å². The molecule has 0 bridgehead atoms. The number of nitrogens with zero attached hydrogens (tertiary/aromatic N) is 6. The van der Waals surface area contributed by atoms with Crippen LogP contribution in [0.4, 0.5) is 5.13 Å². The van der Waals surface area contributed by atoms with Crippen LogP contribution in [0.25, 0.3) is 4.96 Å². The van der Waals surface area contributed by atoms with E-state index >= 15 is 0 Å². The van der Waals surface area contributed by atoms with Crippen LogP contribution in [0.3, 0.4) is 0 Å². The number of piperazine rings is 1. The van der Waals surface area contributed by atoms with Crippen molar-refractivity contribution in [3.8, 4) is 0 Å². The van der Waals surface area contributed by atoms with Gasteiger partial charge in [-0.25, -0.2) is 4.98 Å². The largest absolute Gasteiger partial charge is 0.344 e. The minimum Gasteiger partial charge on any atom is -0.344 e. The monoisotopic (exact) mass is 362 g/mol. The second-order valence-electron chi connectivity index (χ2n) is 7.10. The molecule has 136 valence electrons. The van der Waals surface area contributed by atoms with Gasteiger partial charge in [-0.2, -0.15) is 4.52 Å². The van der Waals surface area contributed by atoms with Crippen LogP contribution in [0.1, 0.15) is 25.5 Å². The van der Waals surface area contributed by atoms with Crippen molar-refractivity contribution in [2.75, 3.05) is 51.2 Å². The number of piperidine rings is 1. The number of fused-ring (bicyclic) bond motifs is 1. The van der Waals surface area contributed by atoms with Crippen molar-refractivity contribution in [2.24, 2.45) is 0 Å². The molecule has 7 nitrogen and oxygen atoms in total. The molecule has 2 aromatic heterocycles. The average molecular weight is 363 g/mol. The maximum atomic E-state index is 12.2. The molecule has 4 rings (SSSR count). The minimum atomic E-state index is -0.0757. The van der Waals surface area contributed by atoms with E-state index in [1.54, 1.807) is 6.07 Å². The van der Waals surface area contributed by atoms with Gasteiger partial charge in [-0.05, 0) is 32.9 Å². The summed E-state index contributed by atoms with van der Waals surface area (Å²) in [5.41, 5.74) is 0.764. The van der Waals surface area contributed by atoms with Crippen LogP contribution in [0.15, 0.2) is 10.9 Å². The van der Waals surface area contributed by atoms with Crippen molar-refractivity contribution in [1.82, 2.24) is 24.4 Å². The van der Waals surface area contributed by atoms with Crippen LogP contribution in [0.5, 0.6) is 0 Å². The van der Waals surface area contributed by atoms with E-state index in [4.69, 9.17) is 0 Å². The van der Waals surface area contributed by atoms with Gasteiger partial charge in [0.05, 0.1) is 0 Å². The van der Waals surface area contributed by atoms with Crippen molar-refractivity contribution < 1.29 is 0 Å². The Balaban J connectivity index is 1.46. The molecule has 2 saturated heterocycles. The number of likely N-dealkylation sites (N-methyl/N-ethyl adjacent to an activating group) is 1. The molecule has 4 heterocycles. The van der Waals surface area contributed by atoms with E-state index in [0.717, 1.165) is 43.4 Å². The Morgan fingerprint density at radius 2 is 2.04 bits per heavy atom. The molecule has 2 aromatic rings. The topological polar surface area (TPSA) is 57.0 Å². The third-order valence-electron chi connectivity index (χ3n) is 5.35. The molecule has 0 saturated carbocycles. The normalized spacial score (nSPS) is 23.4. The molecule has 1 atom stereocenters. The van der Waals surface area contributed by atoms with Crippen molar-refractivity contribution in [2.45, 2.75) is 32.2 Å². The zero-order valence-corrected chi connectivity index (χ0v) is 15.8. The fraction of sp³-hybridized carbons (Fsp3) is 0.706. The van der Waals surface area contributed by atoms with Crippen LogP contribution < -0.4 is 10.5 Å². The van der Waals surface area contributed by atoms with E-state index in [9.17, 15) is 4.79 Å². The number of aromatic nitrogens is 3. The Morgan fingerprint density at radius 3 is 2.76 bits per heavy atom. The van der Waals surface area contributed by atoms with Gasteiger partial charge in [0.25, 0.3) is 5.56 Å². The Hall–Kier alpha value is -1.51. The van der Waals surface area contributed by atoms with Crippen LogP contribution in [0, 0.1) is 0 Å². The second-order valence-corrected chi connectivity index (χ2v) is 8.03. The van der Waals surface area contributed by atoms with Gasteiger partial charge in [-0.1, -0.05) is 18.3 Å². The van der Waals surface area contributed by atoms with Crippen LogP contribution in [-0.2, 0) is 6.42 Å². The van der Waals surface area contributed by atoms with Crippen molar-refractivity contribution in [3.63, 3.8) is 0 Å². The third kappa shape index (κ3) is 3.43. The first-order valence-electron chi connectivity index (χ1n) is 9.21. The molecule has 8 heteroatoms. The predicted octanol–water partition coefficient (Wildman–Crippen LogP) is 0.930. The summed E-state index contributed by atoms with van der Waals surface area (Å²) >= 11 is 1.52. The summed E-state index contributed by atoms with van der Waals surface area (Å²) in [7, 11) is 2.22. The van der Waals surface area contributed by atoms with E-state index in [1.165, 1.54) is 41.8 Å². The molecular weight excluding hydrogens is 336 g/mol. The van der Waals surface area contributed by atoms with Gasteiger partial charge in [0.1, 0.15) is 0 Å². The average Bonchev–Trinajstić information content (AvgIpc) is 3.06. The fourth-order valence-electron chi connectivity index (χ4n) is 3.87. The van der Waals surface area contributed by atoms with Gasteiger partial charge >= 0.3 is 0 Å². The molecule has 1 unspecified atom stereocenters. The Labute approximate surface area is 151 Å². The zero-order valence-electron chi connectivity index (χ0n) is 15.0. The highest BCUT2D eigenvalue weighted by Crippen LogP contribution is 2.24. The summed E-state index contributed by atoms with van der Waals surface area (Å²) in [5, 5.41) is 5.44. The van der Waals surface area contributed by atoms with E-state index in [0.29, 0.717) is 11.0 Å². The van der Waals surface area contributed by atoms with Crippen LogP contribution in [0.2, 0.25) is 0 Å². The summed E-state index contributed by atoms with van der Waals surface area (Å²) in [6.45, 7) is 8.49. The molecule has 2 aliphatic heterocycles. The molecule has 0 aliphatic carbocycles. The van der Waals surface area contributed by atoms with Gasteiger partial charge in [-0.15, -0.1) is 5.10 Å². The lowest BCUT2D eigenvalue weighted by molar-refractivity contribution is 0.106. The summed E-state index contributed by atoms with van der Waals surface area (Å²) in [4.78, 5) is 24.8. The molecule has 0 spiro atoms. The Morgan fingerprint density at radius 1 is 1.24 bits per heavy atom. The molecule has 0 amide bonds. The highest BCUT2D eigenvalue weighted by atomic mass is 32.1. The SMILES string of the molecule is CCc1cc(=O)n2nc(N3CCN(C4CCCN(C)C4)CC3)sc2n1. The zero-order chi connectivity index (χ0) is 17.4. The first-order valence-corrected chi connectivity index (χ1v) is 10.0. The third-order valence-corrected chi connectivity index (χ3v) is 6.32. The predicted molar refractivity (Wildman–Crippen MR) is 101 cm³/mol. The van der Waals surface area contributed by atoms with Crippen LogP contribution in [-0.4, -0.2) is 76.8 Å². The second kappa shape index (κ2) is 7.01. The lowest BCUT2D eigenvalue weighted by Gasteiger charge is -2.42. The van der Waals surface area contributed by atoms with Gasteiger partial charge in [0, 0.05) is 50.5 Å². The van der Waals surface area contributed by atoms with Gasteiger partial charge in [0.2, 0.25) is 10.1 Å². The Kier molecular flexibility index (Phi) is 4.75. The van der Waals surface area contributed by atoms with Crippen molar-refractivity contribution >= 4 is 21.4 Å². The quantitative estimate of drug-likeness (QED) is 0.810. The lowest BCUT2D eigenvalue weighted by Crippen LogP contribution is -2.54. The van der Waals surface area contributed by atoms with Crippen molar-refractivity contribution in [1.29, 1.82) is 0 Å². The first kappa shape index (κ1) is 16.9. The smallest absolute Gasteiger partial charge is 0.275 e. The number of hydrogen-bond donors (Lipinski definition) is 0. The number of anilines is 1. The number of hydrogen-bond acceptors (Lipinski definition) is 7. The molecule has 0 aromatic carbocycles. The highest BCUT2D eigenvalue weighted by Gasteiger charge is 2.28. The first-order chi connectivity index (χ1) is 12.1. The summed E-state index contributed by atoms with van der Waals surface area (Å²) in [6.07, 6.45) is 3.38. The van der Waals surface area contributed by atoms with E-state index in [2.05, 4.69) is 31.8 Å². The van der Waals surface area contributed by atoms with Gasteiger partial charge in [-0.3, -0.25) is 9.69 Å². The Bertz CT molecular complexity index is 794. The van der Waals surface area contributed by atoms with E-state index < -0.39 is 0 Å². The standard InChI is InChI=1S/C17H26N6OS/c1-3-13-11-15(24)23-16(18-13)25-17(19-23)22-9-7-21(8-10-22)14-5-4-6-20(2)12-14/h11,14H,3-10,12H2,1-2H3. The molecule has 0 radical (unpaired) electrons. The maximum absolute atomic E-state index is 12.2. The maximum Gasteiger partial charge on any atom is 0.275 e. The van der Waals surface area contributed by atoms with Gasteiger partial charge in [0.15, 0.2) is 0 Å². The van der Waals surface area contributed by atoms with E-state index in [-0.39, 0.29) is 5.56 Å². The van der Waals surface area contributed by atoms with E-state index in [1.807, 2.05) is 6.92 Å². The van der Waals surface area contributed by atoms with Crippen LogP contribution >= 0.6 is 11.3 Å². The summed E-state index contributed by atoms with van der Waals surface area (Å²) in [5.74, 6) is 0. The number of likely N-dealkylation sites (tertiary alicyclic amines) is 1. The molecule has 25 heavy (non-hydrogen) atoms.